The van der Waals surface area contributed by atoms with Gasteiger partial charge in [0.15, 0.2) is 0 Å². The van der Waals surface area contributed by atoms with Gasteiger partial charge in [-0.3, -0.25) is 4.98 Å². The lowest BCUT2D eigenvalue weighted by atomic mass is 9.98. The van der Waals surface area contributed by atoms with Crippen LogP contribution in [0.5, 0.6) is 0 Å². The van der Waals surface area contributed by atoms with E-state index in [1.165, 1.54) is 0 Å². The minimum Gasteiger partial charge on any atom is -0.369 e. The fourth-order valence-electron chi connectivity index (χ4n) is 1.13. The third-order valence-electron chi connectivity index (χ3n) is 2.94. The molecule has 1 N–H and O–H groups in total. The van der Waals surface area contributed by atoms with Gasteiger partial charge in [-0.1, -0.05) is 20.8 Å². The highest BCUT2D eigenvalue weighted by atomic mass is 15.0. The van der Waals surface area contributed by atoms with E-state index in [1.54, 1.807) is 6.20 Å². The molecule has 1 aromatic heterocycles. The van der Waals surface area contributed by atoms with Crippen molar-refractivity contribution < 1.29 is 0 Å². The van der Waals surface area contributed by atoms with E-state index in [2.05, 4.69) is 36.1 Å². The van der Waals surface area contributed by atoms with Crippen LogP contribution in [0.3, 0.4) is 0 Å². The number of aromatic nitrogens is 2. The summed E-state index contributed by atoms with van der Waals surface area (Å²) in [6.45, 7) is 11.6. The Bertz CT molecular complexity index is 321. The second kappa shape index (κ2) is 5.10. The van der Waals surface area contributed by atoms with Gasteiger partial charge in [-0.2, -0.15) is 0 Å². The van der Waals surface area contributed by atoms with E-state index in [9.17, 15) is 0 Å². The maximum absolute atomic E-state index is 4.43. The Morgan fingerprint density at radius 3 is 2.40 bits per heavy atom. The Morgan fingerprint density at radius 1 is 1.20 bits per heavy atom. The van der Waals surface area contributed by atoms with Crippen LogP contribution in [0.1, 0.15) is 32.2 Å². The summed E-state index contributed by atoms with van der Waals surface area (Å²) in [5.74, 6) is 2.22. The number of hydrogen-bond donors (Lipinski definition) is 1. The molecule has 0 aliphatic carbocycles. The molecule has 0 aromatic carbocycles. The molecular formula is C12H21N3. The molecule has 0 amide bonds. The monoisotopic (exact) mass is 207 g/mol. The van der Waals surface area contributed by atoms with Gasteiger partial charge >= 0.3 is 0 Å². The lowest BCUT2D eigenvalue weighted by Crippen LogP contribution is -2.17. The summed E-state index contributed by atoms with van der Waals surface area (Å²) in [5.41, 5.74) is 2.00. The zero-order chi connectivity index (χ0) is 11.4. The molecule has 0 aliphatic heterocycles. The quantitative estimate of drug-likeness (QED) is 0.825. The van der Waals surface area contributed by atoms with E-state index >= 15 is 0 Å². The molecule has 0 radical (unpaired) electrons. The molecule has 0 fully saturated rings. The summed E-state index contributed by atoms with van der Waals surface area (Å²) in [6.07, 6.45) is 1.80. The van der Waals surface area contributed by atoms with Crippen molar-refractivity contribution in [3.63, 3.8) is 0 Å². The van der Waals surface area contributed by atoms with Crippen molar-refractivity contribution in [1.29, 1.82) is 0 Å². The average molecular weight is 207 g/mol. The van der Waals surface area contributed by atoms with E-state index in [1.807, 2.05) is 13.8 Å². The molecule has 1 heterocycles. The topological polar surface area (TPSA) is 37.8 Å². The molecule has 1 aromatic rings. The van der Waals surface area contributed by atoms with Crippen molar-refractivity contribution in [3.05, 3.63) is 17.6 Å². The van der Waals surface area contributed by atoms with Gasteiger partial charge in [0.25, 0.3) is 0 Å². The Balaban J connectivity index is 2.55. The standard InChI is InChI=1S/C12H21N3/c1-8(2)9(3)6-14-12-7-13-10(4)11(5)15-12/h7-9H,6H2,1-5H3,(H,14,15). The highest BCUT2D eigenvalue weighted by Gasteiger charge is 2.07. The third kappa shape index (κ3) is 3.50. The van der Waals surface area contributed by atoms with E-state index in [0.717, 1.165) is 23.8 Å². The summed E-state index contributed by atoms with van der Waals surface area (Å²) < 4.78 is 0. The molecule has 0 bridgehead atoms. The molecule has 0 spiro atoms. The maximum atomic E-state index is 4.43. The molecule has 15 heavy (non-hydrogen) atoms. The molecule has 0 aliphatic rings. The van der Waals surface area contributed by atoms with Gasteiger partial charge in [-0.05, 0) is 25.7 Å². The Labute approximate surface area is 92.3 Å². The molecule has 1 rings (SSSR count). The number of anilines is 1. The highest BCUT2D eigenvalue weighted by molar-refractivity contribution is 5.33. The normalized spacial score (nSPS) is 12.9. The van der Waals surface area contributed by atoms with Crippen LogP contribution >= 0.6 is 0 Å². The second-order valence-electron chi connectivity index (χ2n) is 4.53. The van der Waals surface area contributed by atoms with Crippen LogP contribution in [-0.4, -0.2) is 16.5 Å². The zero-order valence-corrected chi connectivity index (χ0v) is 10.3. The van der Waals surface area contributed by atoms with Crippen molar-refractivity contribution in [3.8, 4) is 0 Å². The SMILES string of the molecule is Cc1ncc(NCC(C)C(C)C)nc1C. The van der Waals surface area contributed by atoms with Gasteiger partial charge in [-0.15, -0.1) is 0 Å². The van der Waals surface area contributed by atoms with E-state index in [0.29, 0.717) is 11.8 Å². The second-order valence-corrected chi connectivity index (χ2v) is 4.53. The lowest BCUT2D eigenvalue weighted by Gasteiger charge is -2.16. The van der Waals surface area contributed by atoms with Crippen LogP contribution in [0.25, 0.3) is 0 Å². The predicted octanol–water partition coefficient (Wildman–Crippen LogP) is 2.80. The summed E-state index contributed by atoms with van der Waals surface area (Å²) >= 11 is 0. The van der Waals surface area contributed by atoms with E-state index in [4.69, 9.17) is 0 Å². The smallest absolute Gasteiger partial charge is 0.144 e. The van der Waals surface area contributed by atoms with Crippen LogP contribution in [0.4, 0.5) is 5.82 Å². The predicted molar refractivity (Wildman–Crippen MR) is 64.0 cm³/mol. The van der Waals surface area contributed by atoms with Crippen molar-refractivity contribution in [2.45, 2.75) is 34.6 Å². The van der Waals surface area contributed by atoms with Gasteiger partial charge in [-0.25, -0.2) is 4.98 Å². The van der Waals surface area contributed by atoms with Crippen LogP contribution in [0.2, 0.25) is 0 Å². The van der Waals surface area contributed by atoms with Crippen LogP contribution in [-0.2, 0) is 0 Å². The summed E-state index contributed by atoms with van der Waals surface area (Å²) in [5, 5.41) is 3.32. The molecule has 1 atom stereocenters. The van der Waals surface area contributed by atoms with Gasteiger partial charge in [0.05, 0.1) is 17.6 Å². The van der Waals surface area contributed by atoms with Crippen LogP contribution in [0, 0.1) is 25.7 Å². The van der Waals surface area contributed by atoms with Crippen LogP contribution in [0.15, 0.2) is 6.20 Å². The van der Waals surface area contributed by atoms with Crippen molar-refractivity contribution in [2.75, 3.05) is 11.9 Å². The number of rotatable bonds is 4. The number of aryl methyl sites for hydroxylation is 2. The fraction of sp³-hybridized carbons (Fsp3) is 0.667. The average Bonchev–Trinajstić information content (AvgIpc) is 2.19. The van der Waals surface area contributed by atoms with Gasteiger partial charge in [0, 0.05) is 6.54 Å². The number of hydrogen-bond acceptors (Lipinski definition) is 3. The van der Waals surface area contributed by atoms with E-state index in [-0.39, 0.29) is 0 Å². The highest BCUT2D eigenvalue weighted by Crippen LogP contribution is 2.11. The minimum absolute atomic E-state index is 0.647. The Kier molecular flexibility index (Phi) is 4.06. The first kappa shape index (κ1) is 12.0. The molecular weight excluding hydrogens is 186 g/mol. The Morgan fingerprint density at radius 2 is 1.87 bits per heavy atom. The first-order valence-electron chi connectivity index (χ1n) is 5.54. The molecule has 84 valence electrons. The van der Waals surface area contributed by atoms with Gasteiger partial charge in [0.1, 0.15) is 5.82 Å². The van der Waals surface area contributed by atoms with Crippen molar-refractivity contribution in [2.24, 2.45) is 11.8 Å². The maximum Gasteiger partial charge on any atom is 0.144 e. The largest absolute Gasteiger partial charge is 0.369 e. The molecule has 1 unspecified atom stereocenters. The zero-order valence-electron chi connectivity index (χ0n) is 10.3. The molecule has 3 nitrogen and oxygen atoms in total. The first-order chi connectivity index (χ1) is 7.00. The molecule has 0 saturated carbocycles. The minimum atomic E-state index is 0.647. The van der Waals surface area contributed by atoms with Crippen LogP contribution < -0.4 is 5.32 Å². The third-order valence-corrected chi connectivity index (χ3v) is 2.94. The van der Waals surface area contributed by atoms with Crippen molar-refractivity contribution in [1.82, 2.24) is 9.97 Å². The number of nitrogens with zero attached hydrogens (tertiary/aromatic N) is 2. The lowest BCUT2D eigenvalue weighted by molar-refractivity contribution is 0.439. The van der Waals surface area contributed by atoms with Gasteiger partial charge in [0.2, 0.25) is 0 Å². The fourth-order valence-corrected chi connectivity index (χ4v) is 1.13. The van der Waals surface area contributed by atoms with Gasteiger partial charge < -0.3 is 5.32 Å². The molecule has 3 heteroatoms. The number of nitrogens with one attached hydrogen (secondary N) is 1. The first-order valence-corrected chi connectivity index (χ1v) is 5.54. The molecule has 0 saturated heterocycles. The summed E-state index contributed by atoms with van der Waals surface area (Å²) in [4.78, 5) is 8.71. The summed E-state index contributed by atoms with van der Waals surface area (Å²) in [6, 6.07) is 0. The van der Waals surface area contributed by atoms with E-state index < -0.39 is 0 Å². The Hall–Kier alpha value is -1.12. The summed E-state index contributed by atoms with van der Waals surface area (Å²) in [7, 11) is 0. The van der Waals surface area contributed by atoms with Crippen molar-refractivity contribution >= 4 is 5.82 Å².